The van der Waals surface area contributed by atoms with E-state index in [0.29, 0.717) is 0 Å². The normalized spacial score (nSPS) is 16.5. The zero-order valence-corrected chi connectivity index (χ0v) is 16.0. The first-order valence-electron chi connectivity index (χ1n) is 8.69. The van der Waals surface area contributed by atoms with Gasteiger partial charge in [-0.1, -0.05) is 51.7 Å². The van der Waals surface area contributed by atoms with Gasteiger partial charge in [0.05, 0.1) is 23.2 Å². The Labute approximate surface area is 149 Å². The summed E-state index contributed by atoms with van der Waals surface area (Å²) < 4.78 is 2.00. The van der Waals surface area contributed by atoms with Crippen molar-refractivity contribution in [1.29, 1.82) is 0 Å². The van der Waals surface area contributed by atoms with Crippen LogP contribution in [0, 0.1) is 0 Å². The quantitative estimate of drug-likeness (QED) is 0.806. The van der Waals surface area contributed by atoms with Crippen molar-refractivity contribution in [3.8, 4) is 0 Å². The van der Waals surface area contributed by atoms with Gasteiger partial charge >= 0.3 is 0 Å². The number of pyridine rings is 1. The maximum Gasteiger partial charge on any atom is 0.154 e. The number of rotatable bonds is 4. The first kappa shape index (κ1) is 18.6. The number of aromatic nitrogens is 3. The van der Waals surface area contributed by atoms with Gasteiger partial charge in [0.1, 0.15) is 11.2 Å². The van der Waals surface area contributed by atoms with Gasteiger partial charge in [0.15, 0.2) is 5.82 Å². The Balaban J connectivity index is 0.00000109. The molecule has 1 unspecified atom stereocenters. The molecule has 0 bridgehead atoms. The van der Waals surface area contributed by atoms with E-state index in [9.17, 15) is 0 Å². The van der Waals surface area contributed by atoms with E-state index in [0.717, 1.165) is 39.5 Å². The van der Waals surface area contributed by atoms with Gasteiger partial charge in [-0.3, -0.25) is 0 Å². The molecule has 5 nitrogen and oxygen atoms in total. The van der Waals surface area contributed by atoms with E-state index in [-0.39, 0.29) is 5.92 Å². The fraction of sp³-hybridized carbons (Fsp3) is 0.350. The summed E-state index contributed by atoms with van der Waals surface area (Å²) in [6, 6.07) is 0. The van der Waals surface area contributed by atoms with Gasteiger partial charge in [0.2, 0.25) is 0 Å². The van der Waals surface area contributed by atoms with Crippen LogP contribution in [0.25, 0.3) is 11.0 Å². The predicted octanol–water partition coefficient (Wildman–Crippen LogP) is 4.91. The Morgan fingerprint density at radius 1 is 1.36 bits per heavy atom. The van der Waals surface area contributed by atoms with Crippen molar-refractivity contribution in [3.05, 3.63) is 48.5 Å². The summed E-state index contributed by atoms with van der Waals surface area (Å²) in [5.74, 6) is 0.908. The molecule has 25 heavy (non-hydrogen) atoms. The second kappa shape index (κ2) is 7.92. The number of fused-ring (bicyclic) bond motifs is 3. The number of hydrogen-bond donors (Lipinski definition) is 1. The molecule has 2 aromatic heterocycles. The second-order valence-corrected chi connectivity index (χ2v) is 5.57. The average molecular weight is 337 g/mol. The number of nitrogens with zero attached hydrogens (tertiary/aromatic N) is 4. The van der Waals surface area contributed by atoms with Crippen molar-refractivity contribution >= 4 is 28.3 Å². The van der Waals surface area contributed by atoms with Gasteiger partial charge in [-0.15, -0.1) is 0 Å². The van der Waals surface area contributed by atoms with E-state index < -0.39 is 0 Å². The third kappa shape index (κ3) is 3.14. The summed E-state index contributed by atoms with van der Waals surface area (Å²) in [7, 11) is 3.85. The number of anilines is 1. The maximum absolute atomic E-state index is 4.89. The smallest absolute Gasteiger partial charge is 0.154 e. The molecule has 2 aromatic rings. The van der Waals surface area contributed by atoms with Crippen LogP contribution in [0.1, 0.15) is 39.3 Å². The summed E-state index contributed by atoms with van der Waals surface area (Å²) in [6.07, 6.45) is 9.68. The van der Waals surface area contributed by atoms with Crippen molar-refractivity contribution < 1.29 is 0 Å². The highest BCUT2D eigenvalue weighted by Crippen LogP contribution is 2.42. The zero-order chi connectivity index (χ0) is 18.6. The van der Waals surface area contributed by atoms with Crippen molar-refractivity contribution in [3.63, 3.8) is 0 Å². The monoisotopic (exact) mass is 337 g/mol. The lowest BCUT2D eigenvalue weighted by Gasteiger charge is -2.10. The van der Waals surface area contributed by atoms with Gasteiger partial charge in [0, 0.05) is 20.0 Å². The number of nitrogens with one attached hydrogen (secondary N) is 1. The van der Waals surface area contributed by atoms with E-state index >= 15 is 0 Å². The minimum atomic E-state index is 0.117. The summed E-state index contributed by atoms with van der Waals surface area (Å²) in [5, 5.41) is 3.14. The minimum Gasteiger partial charge on any atom is -0.371 e. The Morgan fingerprint density at radius 3 is 2.68 bits per heavy atom. The molecule has 0 radical (unpaired) electrons. The number of imidazole rings is 1. The largest absolute Gasteiger partial charge is 0.371 e. The lowest BCUT2D eigenvalue weighted by molar-refractivity contribution is 0.942. The molecule has 0 amide bonds. The molecular formula is C20H27N5. The molecule has 0 aliphatic carbocycles. The Hall–Kier alpha value is -2.69. The van der Waals surface area contributed by atoms with Gasteiger partial charge in [-0.25, -0.2) is 15.0 Å². The maximum atomic E-state index is 4.89. The summed E-state index contributed by atoms with van der Waals surface area (Å²) in [6.45, 7) is 12.0. The highest BCUT2D eigenvalue weighted by molar-refractivity contribution is 6.14. The van der Waals surface area contributed by atoms with E-state index in [1.807, 2.05) is 63.7 Å². The minimum absolute atomic E-state index is 0.117. The fourth-order valence-corrected chi connectivity index (χ4v) is 2.94. The van der Waals surface area contributed by atoms with Crippen LogP contribution in [0.5, 0.6) is 0 Å². The number of hydrogen-bond acceptors (Lipinski definition) is 4. The van der Waals surface area contributed by atoms with Crippen LogP contribution in [0.4, 0.5) is 11.5 Å². The van der Waals surface area contributed by atoms with Crippen LogP contribution < -0.4 is 5.32 Å². The first-order valence-corrected chi connectivity index (χ1v) is 8.69. The van der Waals surface area contributed by atoms with Crippen LogP contribution in [-0.2, 0) is 7.05 Å². The molecule has 3 heterocycles. The topological polar surface area (TPSA) is 55.1 Å². The van der Waals surface area contributed by atoms with Crippen LogP contribution in [0.15, 0.2) is 47.8 Å². The predicted molar refractivity (Wildman–Crippen MR) is 108 cm³/mol. The molecule has 132 valence electrons. The van der Waals surface area contributed by atoms with Crippen molar-refractivity contribution in [2.75, 3.05) is 12.4 Å². The van der Waals surface area contributed by atoms with Gasteiger partial charge < -0.3 is 9.88 Å². The number of aryl methyl sites for hydroxylation is 1. The Kier molecular flexibility index (Phi) is 5.91. The van der Waals surface area contributed by atoms with Crippen LogP contribution in [0.3, 0.4) is 0 Å². The third-order valence-electron chi connectivity index (χ3n) is 4.13. The van der Waals surface area contributed by atoms with E-state index in [1.165, 1.54) is 0 Å². The van der Waals surface area contributed by atoms with E-state index in [4.69, 9.17) is 9.98 Å². The molecule has 0 spiro atoms. The van der Waals surface area contributed by atoms with Crippen LogP contribution in [-0.4, -0.2) is 27.3 Å². The number of allylic oxidation sites excluding steroid dienone is 5. The van der Waals surface area contributed by atoms with Crippen LogP contribution >= 0.6 is 0 Å². The summed E-state index contributed by atoms with van der Waals surface area (Å²) in [5.41, 5.74) is 5.77. The van der Waals surface area contributed by atoms with E-state index in [1.54, 1.807) is 6.33 Å². The first-order chi connectivity index (χ1) is 12.1. The molecule has 0 fully saturated rings. The molecule has 1 aliphatic rings. The lowest BCUT2D eigenvalue weighted by atomic mass is 9.96. The molecule has 5 heteroatoms. The van der Waals surface area contributed by atoms with Crippen molar-refractivity contribution in [2.45, 2.75) is 33.6 Å². The Bertz CT molecular complexity index is 868. The van der Waals surface area contributed by atoms with E-state index in [2.05, 4.69) is 23.8 Å². The van der Waals surface area contributed by atoms with Gasteiger partial charge in [0.25, 0.3) is 0 Å². The lowest BCUT2D eigenvalue weighted by Crippen LogP contribution is -2.08. The summed E-state index contributed by atoms with van der Waals surface area (Å²) >= 11 is 0. The highest BCUT2D eigenvalue weighted by Gasteiger charge is 2.30. The zero-order valence-electron chi connectivity index (χ0n) is 16.0. The number of aliphatic imine (C=N–C) groups is 1. The fourth-order valence-electron chi connectivity index (χ4n) is 2.94. The molecule has 1 aliphatic heterocycles. The highest BCUT2D eigenvalue weighted by atomic mass is 15.1. The standard InChI is InChI=1S/C18H21N5.C2H6/c1-6-8-9-12(7-2)13-11(3)14-15(21-13)17-16(18(19-4)22-14)20-10-23(17)5;1-2/h6-11H,2H2,1,3-5H3,(H,19,22);1-2H3/b8-6-,12-9+;. The molecule has 0 saturated carbocycles. The summed E-state index contributed by atoms with van der Waals surface area (Å²) in [4.78, 5) is 14.1. The molecule has 3 rings (SSSR count). The third-order valence-corrected chi connectivity index (χ3v) is 4.13. The Morgan fingerprint density at radius 2 is 2.08 bits per heavy atom. The second-order valence-electron chi connectivity index (χ2n) is 5.57. The van der Waals surface area contributed by atoms with Crippen LogP contribution in [0.2, 0.25) is 0 Å². The molecular weight excluding hydrogens is 310 g/mol. The molecule has 0 aromatic carbocycles. The van der Waals surface area contributed by atoms with Gasteiger partial charge in [-0.2, -0.15) is 0 Å². The molecule has 1 N–H and O–H groups in total. The van der Waals surface area contributed by atoms with Gasteiger partial charge in [-0.05, 0) is 12.5 Å². The van der Waals surface area contributed by atoms with Crippen molar-refractivity contribution in [1.82, 2.24) is 14.5 Å². The average Bonchev–Trinajstić information content (AvgIpc) is 3.18. The molecule has 1 atom stereocenters. The van der Waals surface area contributed by atoms with Crippen molar-refractivity contribution in [2.24, 2.45) is 12.0 Å². The SMILES string of the molecule is C=C/C(=C\C=C/C)C1=Nc2c(nc(NC)c3ncn(C)c23)C1C.CC. The molecule has 0 saturated heterocycles.